The molecule has 2 aliphatic rings. The largest absolute Gasteiger partial charge is 0.371 e. The van der Waals surface area contributed by atoms with Crippen LogP contribution in [0.1, 0.15) is 54.9 Å². The molecule has 1 aliphatic heterocycles. The minimum absolute atomic E-state index is 0.0896. The molecular formula is C19H26FNO2. The molecule has 1 amide bonds. The van der Waals surface area contributed by atoms with E-state index in [1.54, 1.807) is 17.0 Å². The average molecular weight is 319 g/mol. The molecule has 1 saturated carbocycles. The molecule has 0 unspecified atom stereocenters. The van der Waals surface area contributed by atoms with Crippen molar-refractivity contribution in [3.05, 3.63) is 35.1 Å². The smallest absolute Gasteiger partial charge is 0.257 e. The molecule has 3 rings (SSSR count). The van der Waals surface area contributed by atoms with E-state index < -0.39 is 5.82 Å². The molecule has 0 bridgehead atoms. The first-order valence-electron chi connectivity index (χ1n) is 8.79. The Kier molecular flexibility index (Phi) is 5.00. The van der Waals surface area contributed by atoms with Crippen LogP contribution in [-0.4, -0.2) is 36.1 Å². The van der Waals surface area contributed by atoms with Gasteiger partial charge in [-0.2, -0.15) is 0 Å². The van der Waals surface area contributed by atoms with Gasteiger partial charge in [0.25, 0.3) is 5.91 Å². The van der Waals surface area contributed by atoms with Crippen LogP contribution in [0.15, 0.2) is 18.2 Å². The van der Waals surface area contributed by atoms with Crippen LogP contribution in [-0.2, 0) is 4.74 Å². The van der Waals surface area contributed by atoms with Crippen molar-refractivity contribution < 1.29 is 13.9 Å². The Balaban J connectivity index is 1.74. The third kappa shape index (κ3) is 3.92. The van der Waals surface area contributed by atoms with Crippen molar-refractivity contribution >= 4 is 5.91 Å². The molecule has 1 aromatic carbocycles. The second-order valence-corrected chi connectivity index (χ2v) is 6.97. The second kappa shape index (κ2) is 7.00. The van der Waals surface area contributed by atoms with Gasteiger partial charge in [-0.1, -0.05) is 25.8 Å². The lowest BCUT2D eigenvalue weighted by Gasteiger charge is -2.38. The molecular weight excluding hydrogens is 293 g/mol. The zero-order valence-corrected chi connectivity index (χ0v) is 14.1. The van der Waals surface area contributed by atoms with E-state index in [4.69, 9.17) is 4.74 Å². The normalized spacial score (nSPS) is 24.7. The number of carbonyl (C=O) groups is 1. The van der Waals surface area contributed by atoms with E-state index in [1.807, 2.05) is 6.92 Å². The van der Waals surface area contributed by atoms with Crippen molar-refractivity contribution in [1.29, 1.82) is 0 Å². The summed E-state index contributed by atoms with van der Waals surface area (Å²) < 4.78 is 20.3. The highest BCUT2D eigenvalue weighted by Crippen LogP contribution is 2.37. The predicted molar refractivity (Wildman–Crippen MR) is 88.0 cm³/mol. The number of amides is 1. The summed E-state index contributed by atoms with van der Waals surface area (Å²) in [5.41, 5.74) is 1.01. The molecule has 2 fully saturated rings. The highest BCUT2D eigenvalue weighted by molar-refractivity contribution is 5.94. The van der Waals surface area contributed by atoms with E-state index in [0.29, 0.717) is 19.0 Å². The SMILES string of the molecule is CCCC[C@@H]1CN(C(=O)c2ccc(C)cc2F)C[C@H](C2CC2)O1. The number of hydrogen-bond donors (Lipinski definition) is 0. The van der Waals surface area contributed by atoms with E-state index in [1.165, 1.54) is 18.9 Å². The van der Waals surface area contributed by atoms with E-state index in [2.05, 4.69) is 6.92 Å². The van der Waals surface area contributed by atoms with Crippen LogP contribution in [0.4, 0.5) is 4.39 Å². The fourth-order valence-electron chi connectivity index (χ4n) is 3.32. The number of unbranched alkanes of at least 4 members (excludes halogenated alkanes) is 1. The number of halogens is 1. The Morgan fingerprint density at radius 3 is 2.78 bits per heavy atom. The molecule has 2 atom stereocenters. The van der Waals surface area contributed by atoms with E-state index in [9.17, 15) is 9.18 Å². The van der Waals surface area contributed by atoms with Crippen LogP contribution >= 0.6 is 0 Å². The molecule has 23 heavy (non-hydrogen) atoms. The van der Waals surface area contributed by atoms with Gasteiger partial charge in [0.2, 0.25) is 0 Å². The maximum Gasteiger partial charge on any atom is 0.257 e. The van der Waals surface area contributed by atoms with Gasteiger partial charge < -0.3 is 9.64 Å². The topological polar surface area (TPSA) is 29.5 Å². The Morgan fingerprint density at radius 2 is 2.13 bits per heavy atom. The first-order chi connectivity index (χ1) is 11.1. The summed E-state index contributed by atoms with van der Waals surface area (Å²) in [5.74, 6) is -0.0369. The number of carbonyl (C=O) groups excluding carboxylic acids is 1. The van der Waals surface area contributed by atoms with Gasteiger partial charge in [0.1, 0.15) is 5.82 Å². The lowest BCUT2D eigenvalue weighted by Crippen LogP contribution is -2.51. The summed E-state index contributed by atoms with van der Waals surface area (Å²) in [6.07, 6.45) is 5.78. The molecule has 126 valence electrons. The van der Waals surface area contributed by atoms with E-state index in [-0.39, 0.29) is 23.7 Å². The summed E-state index contributed by atoms with van der Waals surface area (Å²) >= 11 is 0. The second-order valence-electron chi connectivity index (χ2n) is 6.97. The zero-order chi connectivity index (χ0) is 16.4. The number of ether oxygens (including phenoxy) is 1. The number of nitrogens with zero attached hydrogens (tertiary/aromatic N) is 1. The van der Waals surface area contributed by atoms with Crippen LogP contribution < -0.4 is 0 Å². The first-order valence-corrected chi connectivity index (χ1v) is 8.79. The third-order valence-electron chi connectivity index (χ3n) is 4.86. The third-order valence-corrected chi connectivity index (χ3v) is 4.86. The summed E-state index contributed by atoms with van der Waals surface area (Å²) in [4.78, 5) is 14.6. The van der Waals surface area contributed by atoms with Gasteiger partial charge in [-0.15, -0.1) is 0 Å². The summed E-state index contributed by atoms with van der Waals surface area (Å²) in [6.45, 7) is 5.16. The minimum Gasteiger partial charge on any atom is -0.371 e. The van der Waals surface area contributed by atoms with Gasteiger partial charge in [0.15, 0.2) is 0 Å². The van der Waals surface area contributed by atoms with Crippen molar-refractivity contribution in [2.24, 2.45) is 5.92 Å². The molecule has 0 N–H and O–H groups in total. The Bertz CT molecular complexity index is 570. The standard InChI is InChI=1S/C19H26FNO2/c1-3-4-5-15-11-21(12-18(23-15)14-7-8-14)19(22)16-9-6-13(2)10-17(16)20/h6,9-10,14-15,18H,3-5,7-8,11-12H2,1-2H3/t15-,18-/m1/s1. The maximum absolute atomic E-state index is 14.1. The van der Waals surface area contributed by atoms with E-state index >= 15 is 0 Å². The Morgan fingerprint density at radius 1 is 1.35 bits per heavy atom. The molecule has 0 spiro atoms. The van der Waals surface area contributed by atoms with Crippen molar-refractivity contribution in [3.63, 3.8) is 0 Å². The number of aryl methyl sites for hydroxylation is 1. The monoisotopic (exact) mass is 319 g/mol. The fourth-order valence-corrected chi connectivity index (χ4v) is 3.32. The molecule has 0 radical (unpaired) electrons. The van der Waals surface area contributed by atoms with Gasteiger partial charge in [-0.05, 0) is 49.8 Å². The van der Waals surface area contributed by atoms with Gasteiger partial charge >= 0.3 is 0 Å². The van der Waals surface area contributed by atoms with E-state index in [0.717, 1.165) is 24.8 Å². The van der Waals surface area contributed by atoms with Gasteiger partial charge in [-0.25, -0.2) is 4.39 Å². The lowest BCUT2D eigenvalue weighted by atomic mass is 10.0. The van der Waals surface area contributed by atoms with Gasteiger partial charge in [0, 0.05) is 13.1 Å². The molecule has 4 heteroatoms. The van der Waals surface area contributed by atoms with Gasteiger partial charge in [0.05, 0.1) is 17.8 Å². The van der Waals surface area contributed by atoms with Crippen LogP contribution in [0, 0.1) is 18.7 Å². The molecule has 1 heterocycles. The summed E-state index contributed by atoms with van der Waals surface area (Å²) in [6, 6.07) is 4.83. The number of benzene rings is 1. The molecule has 1 aromatic rings. The van der Waals surface area contributed by atoms with Crippen LogP contribution in [0.3, 0.4) is 0 Å². The number of morpholine rings is 1. The first kappa shape index (κ1) is 16.4. The molecule has 0 aromatic heterocycles. The van der Waals surface area contributed by atoms with Crippen molar-refractivity contribution in [2.75, 3.05) is 13.1 Å². The van der Waals surface area contributed by atoms with Crippen LogP contribution in [0.25, 0.3) is 0 Å². The number of rotatable bonds is 5. The highest BCUT2D eigenvalue weighted by Gasteiger charge is 2.39. The average Bonchev–Trinajstić information content (AvgIpc) is 3.37. The quantitative estimate of drug-likeness (QED) is 0.822. The lowest BCUT2D eigenvalue weighted by molar-refractivity contribution is -0.0875. The van der Waals surface area contributed by atoms with Crippen molar-refractivity contribution in [1.82, 2.24) is 4.90 Å². The molecule has 1 saturated heterocycles. The zero-order valence-electron chi connectivity index (χ0n) is 14.1. The fraction of sp³-hybridized carbons (Fsp3) is 0.632. The Hall–Kier alpha value is -1.42. The molecule has 3 nitrogen and oxygen atoms in total. The maximum atomic E-state index is 14.1. The van der Waals surface area contributed by atoms with Crippen LogP contribution in [0.5, 0.6) is 0 Å². The molecule has 1 aliphatic carbocycles. The summed E-state index contributed by atoms with van der Waals surface area (Å²) in [7, 11) is 0. The predicted octanol–water partition coefficient (Wildman–Crippen LogP) is 3.94. The highest BCUT2D eigenvalue weighted by atomic mass is 19.1. The Labute approximate surface area is 137 Å². The summed E-state index contributed by atoms with van der Waals surface area (Å²) in [5, 5.41) is 0. The van der Waals surface area contributed by atoms with Crippen molar-refractivity contribution in [2.45, 2.75) is 58.2 Å². The number of hydrogen-bond acceptors (Lipinski definition) is 2. The minimum atomic E-state index is -0.422. The van der Waals surface area contributed by atoms with Gasteiger partial charge in [-0.3, -0.25) is 4.79 Å². The van der Waals surface area contributed by atoms with Crippen LogP contribution in [0.2, 0.25) is 0 Å². The van der Waals surface area contributed by atoms with Crippen molar-refractivity contribution in [3.8, 4) is 0 Å².